The van der Waals surface area contributed by atoms with Gasteiger partial charge in [0, 0.05) is 25.9 Å². The van der Waals surface area contributed by atoms with Crippen LogP contribution in [0, 0.1) is 5.41 Å². The first-order valence-corrected chi connectivity index (χ1v) is 6.36. The van der Waals surface area contributed by atoms with Gasteiger partial charge >= 0.3 is 5.97 Å². The van der Waals surface area contributed by atoms with E-state index >= 15 is 0 Å². The van der Waals surface area contributed by atoms with Crippen LogP contribution in [0.15, 0.2) is 0 Å². The Morgan fingerprint density at radius 1 is 1.21 bits per heavy atom. The monoisotopic (exact) mass is 272 g/mol. The Hall–Kier alpha value is -1.59. The number of amides is 2. The number of carboxylic acid groups (broad SMARTS) is 1. The highest BCUT2D eigenvalue weighted by Crippen LogP contribution is 2.22. The zero-order valence-electron chi connectivity index (χ0n) is 12.1. The Balaban J connectivity index is 4.26. The first-order chi connectivity index (χ1) is 8.60. The van der Waals surface area contributed by atoms with Crippen molar-refractivity contribution in [1.29, 1.82) is 0 Å². The van der Waals surface area contributed by atoms with Crippen LogP contribution in [0.3, 0.4) is 0 Å². The van der Waals surface area contributed by atoms with Gasteiger partial charge in [0.05, 0.1) is 6.42 Å². The van der Waals surface area contributed by atoms with Crippen LogP contribution in [-0.2, 0) is 14.4 Å². The van der Waals surface area contributed by atoms with E-state index in [0.717, 1.165) is 0 Å². The molecule has 0 aromatic rings. The maximum Gasteiger partial charge on any atom is 0.305 e. The van der Waals surface area contributed by atoms with Gasteiger partial charge in [0.2, 0.25) is 11.8 Å². The molecule has 0 aliphatic rings. The molecule has 0 aromatic heterocycles. The summed E-state index contributed by atoms with van der Waals surface area (Å²) >= 11 is 0. The summed E-state index contributed by atoms with van der Waals surface area (Å²) in [4.78, 5) is 33.1. The molecule has 1 atom stereocenters. The highest BCUT2D eigenvalue weighted by atomic mass is 16.4. The smallest absolute Gasteiger partial charge is 0.305 e. The van der Waals surface area contributed by atoms with E-state index in [0.29, 0.717) is 6.42 Å². The van der Waals surface area contributed by atoms with Crippen LogP contribution < -0.4 is 10.6 Å². The average molecular weight is 272 g/mol. The molecule has 3 N–H and O–H groups in total. The van der Waals surface area contributed by atoms with E-state index < -0.39 is 5.97 Å². The van der Waals surface area contributed by atoms with E-state index in [2.05, 4.69) is 10.6 Å². The summed E-state index contributed by atoms with van der Waals surface area (Å²) in [6, 6.07) is -0.387. The van der Waals surface area contributed by atoms with Crippen LogP contribution in [0.1, 0.15) is 47.0 Å². The van der Waals surface area contributed by atoms with Gasteiger partial charge in [-0.05, 0) is 11.8 Å². The van der Waals surface area contributed by atoms with E-state index in [9.17, 15) is 14.4 Å². The van der Waals surface area contributed by atoms with Crippen molar-refractivity contribution < 1.29 is 19.5 Å². The van der Waals surface area contributed by atoms with Crippen LogP contribution in [0.2, 0.25) is 0 Å². The average Bonchev–Trinajstić information content (AvgIpc) is 2.12. The molecular formula is C13H24N2O4. The van der Waals surface area contributed by atoms with Crippen LogP contribution in [0.4, 0.5) is 0 Å². The molecular weight excluding hydrogens is 248 g/mol. The van der Waals surface area contributed by atoms with Gasteiger partial charge in [0.1, 0.15) is 0 Å². The van der Waals surface area contributed by atoms with Crippen molar-refractivity contribution >= 4 is 17.8 Å². The number of nitrogens with one attached hydrogen (secondary N) is 2. The lowest BCUT2D eigenvalue weighted by Crippen LogP contribution is -2.40. The zero-order chi connectivity index (χ0) is 15.1. The van der Waals surface area contributed by atoms with Crippen molar-refractivity contribution in [2.24, 2.45) is 5.41 Å². The second kappa shape index (κ2) is 7.76. The molecule has 2 amide bonds. The lowest BCUT2D eigenvalue weighted by atomic mass is 9.87. The second-order valence-electron chi connectivity index (χ2n) is 5.86. The van der Waals surface area contributed by atoms with Crippen LogP contribution in [0.25, 0.3) is 0 Å². The van der Waals surface area contributed by atoms with E-state index in [4.69, 9.17) is 5.11 Å². The summed E-state index contributed by atoms with van der Waals surface area (Å²) in [7, 11) is 0. The van der Waals surface area contributed by atoms with Crippen LogP contribution in [-0.4, -0.2) is 35.5 Å². The Labute approximate surface area is 113 Å². The highest BCUT2D eigenvalue weighted by Gasteiger charge is 2.22. The maximum atomic E-state index is 11.6. The standard InChI is InChI=1S/C13H24N2O4/c1-9(16)14-6-5-11(17)15-10(7-12(18)19)8-13(2,3)4/h10H,5-8H2,1-4H3,(H,14,16)(H,15,17)(H,18,19). The molecule has 0 fully saturated rings. The summed E-state index contributed by atoms with van der Waals surface area (Å²) in [5.41, 5.74) is -0.0645. The summed E-state index contributed by atoms with van der Waals surface area (Å²) in [6.07, 6.45) is 0.647. The zero-order valence-corrected chi connectivity index (χ0v) is 12.1. The fourth-order valence-corrected chi connectivity index (χ4v) is 1.78. The third-order valence-corrected chi connectivity index (χ3v) is 2.37. The minimum absolute atomic E-state index is 0.0645. The van der Waals surface area contributed by atoms with E-state index in [1.807, 2.05) is 20.8 Å². The molecule has 6 heteroatoms. The van der Waals surface area contributed by atoms with Gasteiger partial charge in [-0.3, -0.25) is 14.4 Å². The van der Waals surface area contributed by atoms with Crippen molar-refractivity contribution in [3.8, 4) is 0 Å². The topological polar surface area (TPSA) is 95.5 Å². The molecule has 1 unspecified atom stereocenters. The molecule has 0 bridgehead atoms. The predicted octanol–water partition coefficient (Wildman–Crippen LogP) is 0.908. The number of hydrogen-bond acceptors (Lipinski definition) is 3. The fraction of sp³-hybridized carbons (Fsp3) is 0.769. The minimum Gasteiger partial charge on any atom is -0.481 e. The molecule has 0 rings (SSSR count). The van der Waals surface area contributed by atoms with Gasteiger partial charge in [0.15, 0.2) is 0 Å². The van der Waals surface area contributed by atoms with Gasteiger partial charge in [-0.15, -0.1) is 0 Å². The predicted molar refractivity (Wildman–Crippen MR) is 71.6 cm³/mol. The molecule has 0 aromatic carbocycles. The van der Waals surface area contributed by atoms with E-state index in [-0.39, 0.29) is 42.7 Å². The Bertz CT molecular complexity index is 334. The fourth-order valence-electron chi connectivity index (χ4n) is 1.78. The normalized spacial score (nSPS) is 12.6. The number of carbonyl (C=O) groups excluding carboxylic acids is 2. The molecule has 0 radical (unpaired) electrons. The van der Waals surface area contributed by atoms with E-state index in [1.54, 1.807) is 0 Å². The molecule has 0 heterocycles. The van der Waals surface area contributed by atoms with Crippen LogP contribution >= 0.6 is 0 Å². The van der Waals surface area contributed by atoms with Crippen molar-refractivity contribution in [1.82, 2.24) is 10.6 Å². The molecule has 0 saturated heterocycles. The molecule has 0 saturated carbocycles. The highest BCUT2D eigenvalue weighted by molar-refractivity contribution is 5.78. The first kappa shape index (κ1) is 17.4. The summed E-state index contributed by atoms with van der Waals surface area (Å²) < 4.78 is 0. The third kappa shape index (κ3) is 11.2. The largest absolute Gasteiger partial charge is 0.481 e. The van der Waals surface area contributed by atoms with Crippen molar-refractivity contribution in [3.05, 3.63) is 0 Å². The lowest BCUT2D eigenvalue weighted by Gasteiger charge is -2.25. The van der Waals surface area contributed by atoms with E-state index in [1.165, 1.54) is 6.92 Å². The molecule has 6 nitrogen and oxygen atoms in total. The number of rotatable bonds is 7. The van der Waals surface area contributed by atoms with Crippen molar-refractivity contribution in [3.63, 3.8) is 0 Å². The van der Waals surface area contributed by atoms with Gasteiger partial charge in [-0.25, -0.2) is 0 Å². The summed E-state index contributed by atoms with van der Waals surface area (Å²) in [5, 5.41) is 14.1. The lowest BCUT2D eigenvalue weighted by molar-refractivity contribution is -0.138. The third-order valence-electron chi connectivity index (χ3n) is 2.37. The molecule has 110 valence electrons. The first-order valence-electron chi connectivity index (χ1n) is 6.36. The summed E-state index contributed by atoms with van der Waals surface area (Å²) in [6.45, 7) is 7.61. The SMILES string of the molecule is CC(=O)NCCC(=O)NC(CC(=O)O)CC(C)(C)C. The Kier molecular flexibility index (Phi) is 7.11. The van der Waals surface area contributed by atoms with Gasteiger partial charge in [0.25, 0.3) is 0 Å². The summed E-state index contributed by atoms with van der Waals surface area (Å²) in [5.74, 6) is -1.37. The quantitative estimate of drug-likeness (QED) is 0.642. The molecule has 0 aliphatic heterocycles. The Morgan fingerprint density at radius 3 is 2.21 bits per heavy atom. The number of aliphatic carboxylic acids is 1. The maximum absolute atomic E-state index is 11.6. The number of carbonyl (C=O) groups is 3. The number of hydrogen-bond donors (Lipinski definition) is 3. The molecule has 0 spiro atoms. The van der Waals surface area contributed by atoms with Crippen molar-refractivity contribution in [2.45, 2.75) is 53.0 Å². The van der Waals surface area contributed by atoms with Gasteiger partial charge < -0.3 is 15.7 Å². The molecule has 19 heavy (non-hydrogen) atoms. The second-order valence-corrected chi connectivity index (χ2v) is 5.86. The number of carboxylic acids is 1. The van der Waals surface area contributed by atoms with Gasteiger partial charge in [-0.1, -0.05) is 20.8 Å². The van der Waals surface area contributed by atoms with Crippen LogP contribution in [0.5, 0.6) is 0 Å². The molecule has 0 aliphatic carbocycles. The van der Waals surface area contributed by atoms with Gasteiger partial charge in [-0.2, -0.15) is 0 Å². The minimum atomic E-state index is -0.934. The Morgan fingerprint density at radius 2 is 1.79 bits per heavy atom. The van der Waals surface area contributed by atoms with Crippen molar-refractivity contribution in [2.75, 3.05) is 6.54 Å².